The molecular formula is C18H29ClO4. The fourth-order valence-electron chi connectivity index (χ4n) is 0.855. The Kier molecular flexibility index (Phi) is 28.9. The van der Waals surface area contributed by atoms with E-state index in [2.05, 4.69) is 26.3 Å². The topological polar surface area (TPSA) is 63.6 Å². The number of esters is 1. The van der Waals surface area contributed by atoms with Crippen LogP contribution in [0.3, 0.4) is 0 Å². The molecule has 0 amide bonds. The van der Waals surface area contributed by atoms with Crippen molar-refractivity contribution in [2.75, 3.05) is 13.2 Å². The van der Waals surface area contributed by atoms with Gasteiger partial charge in [-0.25, -0.2) is 0 Å². The molecule has 0 aromatic rings. The molecule has 0 aromatic heterocycles. The second-order valence-electron chi connectivity index (χ2n) is 4.11. The summed E-state index contributed by atoms with van der Waals surface area (Å²) in [6.07, 6.45) is 10.4. The zero-order valence-electron chi connectivity index (χ0n) is 13.8. The zero-order chi connectivity index (χ0) is 18.3. The van der Waals surface area contributed by atoms with Gasteiger partial charge in [0, 0.05) is 19.4 Å². The van der Waals surface area contributed by atoms with E-state index in [0.29, 0.717) is 38.7 Å². The average Bonchev–Trinajstić information content (AvgIpc) is 2.53. The number of rotatable bonds is 11. The summed E-state index contributed by atoms with van der Waals surface area (Å²) in [5.74, 6) is -0.160. The molecule has 0 saturated carbocycles. The minimum atomic E-state index is -0.292. The SMILES string of the molecule is C=CCCC(=O)Cl.C=CCCO.C=CCCOC(=O)CCC=C. The van der Waals surface area contributed by atoms with Gasteiger partial charge in [-0.1, -0.05) is 24.3 Å². The van der Waals surface area contributed by atoms with E-state index in [1.165, 1.54) is 0 Å². The number of allylic oxidation sites excluding steroid dienone is 2. The van der Waals surface area contributed by atoms with Gasteiger partial charge in [-0.3, -0.25) is 9.59 Å². The predicted molar refractivity (Wildman–Crippen MR) is 97.4 cm³/mol. The van der Waals surface area contributed by atoms with Gasteiger partial charge in [0.1, 0.15) is 0 Å². The summed E-state index contributed by atoms with van der Waals surface area (Å²) < 4.78 is 4.83. The van der Waals surface area contributed by atoms with Crippen molar-refractivity contribution in [1.29, 1.82) is 0 Å². The first-order valence-corrected chi connectivity index (χ1v) is 7.76. The minimum absolute atomic E-state index is 0.160. The van der Waals surface area contributed by atoms with Crippen LogP contribution in [0, 0.1) is 0 Å². The van der Waals surface area contributed by atoms with Crippen molar-refractivity contribution in [3.8, 4) is 0 Å². The predicted octanol–water partition coefficient (Wildman–Crippen LogP) is 4.34. The van der Waals surface area contributed by atoms with E-state index < -0.39 is 0 Å². The Hall–Kier alpha value is -1.65. The van der Waals surface area contributed by atoms with Gasteiger partial charge in [0.15, 0.2) is 0 Å². The Morgan fingerprint density at radius 3 is 1.65 bits per heavy atom. The number of ether oxygens (including phenoxy) is 1. The molecule has 4 nitrogen and oxygen atoms in total. The van der Waals surface area contributed by atoms with Crippen LogP contribution in [-0.2, 0) is 14.3 Å². The third-order valence-corrected chi connectivity index (χ3v) is 2.20. The highest BCUT2D eigenvalue weighted by molar-refractivity contribution is 6.63. The van der Waals surface area contributed by atoms with Gasteiger partial charge in [-0.05, 0) is 37.3 Å². The van der Waals surface area contributed by atoms with Gasteiger partial charge in [0.05, 0.1) is 6.61 Å². The van der Waals surface area contributed by atoms with Crippen LogP contribution >= 0.6 is 11.6 Å². The summed E-state index contributed by atoms with van der Waals surface area (Å²) >= 11 is 4.97. The van der Waals surface area contributed by atoms with Crippen molar-refractivity contribution in [1.82, 2.24) is 0 Å². The lowest BCUT2D eigenvalue weighted by molar-refractivity contribution is -0.143. The first-order valence-electron chi connectivity index (χ1n) is 7.38. The van der Waals surface area contributed by atoms with Crippen molar-refractivity contribution in [2.24, 2.45) is 0 Å². The van der Waals surface area contributed by atoms with E-state index >= 15 is 0 Å². The molecule has 0 atom stereocenters. The molecule has 0 aliphatic rings. The third-order valence-electron chi connectivity index (χ3n) is 2.02. The molecular weight excluding hydrogens is 316 g/mol. The molecule has 0 saturated heterocycles. The molecule has 0 aliphatic carbocycles. The summed E-state index contributed by atoms with van der Waals surface area (Å²) in [5, 5.41) is 7.70. The highest BCUT2D eigenvalue weighted by atomic mass is 35.5. The van der Waals surface area contributed by atoms with Crippen LogP contribution in [0.15, 0.2) is 50.6 Å². The van der Waals surface area contributed by atoms with Gasteiger partial charge < -0.3 is 9.84 Å². The molecule has 23 heavy (non-hydrogen) atoms. The molecule has 0 aromatic carbocycles. The fourth-order valence-corrected chi connectivity index (χ4v) is 0.964. The molecule has 0 heterocycles. The number of carbonyl (C=O) groups is 2. The maximum Gasteiger partial charge on any atom is 0.306 e. The van der Waals surface area contributed by atoms with Crippen LogP contribution in [0.1, 0.15) is 38.5 Å². The zero-order valence-corrected chi connectivity index (χ0v) is 14.6. The molecule has 0 radical (unpaired) electrons. The first-order chi connectivity index (χ1) is 11.0. The molecule has 132 valence electrons. The summed E-state index contributed by atoms with van der Waals surface area (Å²) in [6, 6.07) is 0. The number of halogens is 1. The molecule has 5 heteroatoms. The van der Waals surface area contributed by atoms with Crippen LogP contribution in [0.5, 0.6) is 0 Å². The normalized spacial score (nSPS) is 8.26. The van der Waals surface area contributed by atoms with Gasteiger partial charge >= 0.3 is 5.97 Å². The fraction of sp³-hybridized carbons (Fsp3) is 0.444. The quantitative estimate of drug-likeness (QED) is 0.262. The van der Waals surface area contributed by atoms with Crippen molar-refractivity contribution in [3.63, 3.8) is 0 Å². The molecule has 0 aliphatic heterocycles. The van der Waals surface area contributed by atoms with Crippen molar-refractivity contribution >= 4 is 22.8 Å². The number of aliphatic hydroxyl groups excluding tert-OH is 1. The van der Waals surface area contributed by atoms with E-state index in [1.807, 2.05) is 0 Å². The molecule has 0 unspecified atom stereocenters. The van der Waals surface area contributed by atoms with Gasteiger partial charge in [-0.2, -0.15) is 0 Å². The van der Waals surface area contributed by atoms with E-state index in [1.54, 1.807) is 24.3 Å². The Morgan fingerprint density at radius 1 is 0.870 bits per heavy atom. The van der Waals surface area contributed by atoms with Crippen LogP contribution in [0.25, 0.3) is 0 Å². The van der Waals surface area contributed by atoms with Crippen LogP contribution in [-0.4, -0.2) is 29.5 Å². The van der Waals surface area contributed by atoms with Gasteiger partial charge in [0.2, 0.25) is 5.24 Å². The number of carbonyl (C=O) groups excluding carboxylic acids is 2. The number of hydrogen-bond donors (Lipinski definition) is 1. The van der Waals surface area contributed by atoms with E-state index in [0.717, 1.165) is 6.42 Å². The summed E-state index contributed by atoms with van der Waals surface area (Å²) in [4.78, 5) is 20.7. The third kappa shape index (κ3) is 38.4. The van der Waals surface area contributed by atoms with Crippen molar-refractivity contribution in [2.45, 2.75) is 38.5 Å². The maximum absolute atomic E-state index is 10.8. The van der Waals surface area contributed by atoms with Crippen LogP contribution in [0.4, 0.5) is 0 Å². The Balaban J connectivity index is -0.000000286. The Bertz CT molecular complexity index is 338. The standard InChI is InChI=1S/C9H14O2.C5H7ClO.C4H8O/c1-3-5-7-9(10)11-8-6-4-2;1-2-3-4-5(6)7;1-2-3-4-5/h3-4H,1-2,5-8H2;2H,1,3-4H2;2,5H,1,3-4H2. The maximum atomic E-state index is 10.8. The summed E-state index contributed by atoms with van der Waals surface area (Å²) in [6.45, 7) is 14.5. The lowest BCUT2D eigenvalue weighted by atomic mass is 10.3. The second-order valence-corrected chi connectivity index (χ2v) is 4.53. The minimum Gasteiger partial charge on any atom is -0.465 e. The highest BCUT2D eigenvalue weighted by Crippen LogP contribution is 1.94. The van der Waals surface area contributed by atoms with Crippen LogP contribution in [0.2, 0.25) is 0 Å². The van der Waals surface area contributed by atoms with Crippen LogP contribution < -0.4 is 0 Å². The van der Waals surface area contributed by atoms with E-state index in [4.69, 9.17) is 21.4 Å². The summed E-state index contributed by atoms with van der Waals surface area (Å²) in [5.41, 5.74) is 0. The Labute approximate surface area is 145 Å². The Morgan fingerprint density at radius 2 is 1.35 bits per heavy atom. The molecule has 0 fully saturated rings. The lowest BCUT2D eigenvalue weighted by Gasteiger charge is -1.99. The van der Waals surface area contributed by atoms with Crippen molar-refractivity contribution in [3.05, 3.63) is 50.6 Å². The smallest absolute Gasteiger partial charge is 0.306 e. The number of hydrogen-bond acceptors (Lipinski definition) is 4. The summed E-state index contributed by atoms with van der Waals surface area (Å²) in [7, 11) is 0. The molecule has 1 N–H and O–H groups in total. The monoisotopic (exact) mass is 344 g/mol. The van der Waals surface area contributed by atoms with E-state index in [9.17, 15) is 9.59 Å². The molecule has 0 rings (SSSR count). The van der Waals surface area contributed by atoms with E-state index in [-0.39, 0.29) is 17.8 Å². The lowest BCUT2D eigenvalue weighted by Crippen LogP contribution is -2.04. The largest absolute Gasteiger partial charge is 0.465 e. The second kappa shape index (κ2) is 25.3. The number of aliphatic hydroxyl groups is 1. The van der Waals surface area contributed by atoms with Gasteiger partial charge in [0.25, 0.3) is 0 Å². The average molecular weight is 345 g/mol. The molecule has 0 spiro atoms. The van der Waals surface area contributed by atoms with Gasteiger partial charge in [-0.15, -0.1) is 26.3 Å². The van der Waals surface area contributed by atoms with Crippen molar-refractivity contribution < 1.29 is 19.4 Å². The highest BCUT2D eigenvalue weighted by Gasteiger charge is 1.98. The molecule has 0 bridgehead atoms. The first kappa shape index (κ1) is 26.3.